The predicted molar refractivity (Wildman–Crippen MR) is 306 cm³/mol. The molecule has 0 bridgehead atoms. The second kappa shape index (κ2) is 18.3. The Labute approximate surface area is 430 Å². The van der Waals surface area contributed by atoms with E-state index in [9.17, 15) is 0 Å². The lowest BCUT2D eigenvalue weighted by molar-refractivity contribution is 0.819. The summed E-state index contributed by atoms with van der Waals surface area (Å²) in [6, 6.07) is 84.9. The van der Waals surface area contributed by atoms with Crippen molar-refractivity contribution < 1.29 is 0 Å². The van der Waals surface area contributed by atoms with E-state index in [2.05, 4.69) is 234 Å². The minimum absolute atomic E-state index is 0.122. The van der Waals surface area contributed by atoms with Crippen molar-refractivity contribution in [2.45, 2.75) is 24.7 Å². The van der Waals surface area contributed by atoms with Gasteiger partial charge in [-0.3, -0.25) is 0 Å². The summed E-state index contributed by atoms with van der Waals surface area (Å²) in [4.78, 5) is 15.9. The van der Waals surface area contributed by atoms with E-state index in [-0.39, 0.29) is 11.8 Å². The molecule has 12 aromatic rings. The molecular weight excluding hydrogens is 899 g/mol. The molecular formula is C69H49N5. The van der Waals surface area contributed by atoms with Crippen LogP contribution in [-0.2, 0) is 0 Å². The number of rotatable bonds is 9. The molecule has 0 amide bonds. The molecule has 0 saturated carbocycles. The molecule has 3 heterocycles. The Kier molecular flexibility index (Phi) is 10.7. The lowest BCUT2D eigenvalue weighted by atomic mass is 9.78. The molecule has 14 rings (SSSR count). The van der Waals surface area contributed by atoms with E-state index in [0.29, 0.717) is 23.9 Å². The van der Waals surface area contributed by atoms with Gasteiger partial charge in [0.25, 0.3) is 0 Å². The highest BCUT2D eigenvalue weighted by Gasteiger charge is 2.33. The number of hydrogen-bond acceptors (Lipinski definition) is 3. The van der Waals surface area contributed by atoms with E-state index >= 15 is 0 Å². The standard InChI is InChI=1S/C69H49N5/c1-6-20-46(21-7-1)48-34-38-50(39-35-48)59-44-54(69-71-67(52-24-10-3-11-25-52)70-68(72-69)53-26-12-4-13-27-53)45-60(51-40-36-49(37-41-51)47-22-8-2-9-23-47)65(59)74-62-33-19-17-31-58(62)64-63(74)43-42-57-56-30-16-18-32-61(56)73(66(57)64)55-28-14-5-15-29-55/h1-36,38-43,45,49,59H,37,44H2. The Bertz CT molecular complexity index is 4150. The number of fused-ring (bicyclic) bond motifs is 7. The molecule has 74 heavy (non-hydrogen) atoms. The van der Waals surface area contributed by atoms with Gasteiger partial charge in [-0.1, -0.05) is 224 Å². The fraction of sp³-hybridized carbons (Fsp3) is 0.0580. The van der Waals surface area contributed by atoms with Crippen LogP contribution in [0.25, 0.3) is 94.5 Å². The Morgan fingerprint density at radius 2 is 0.946 bits per heavy atom. The zero-order valence-electron chi connectivity index (χ0n) is 40.6. The van der Waals surface area contributed by atoms with Gasteiger partial charge in [0.1, 0.15) is 0 Å². The maximum absolute atomic E-state index is 5.39. The normalized spacial score (nSPS) is 15.8. The van der Waals surface area contributed by atoms with Crippen LogP contribution in [0.1, 0.15) is 41.6 Å². The summed E-state index contributed by atoms with van der Waals surface area (Å²) in [6.45, 7) is 0. The summed E-state index contributed by atoms with van der Waals surface area (Å²) in [6.07, 6.45) is 11.2. The van der Waals surface area contributed by atoms with Gasteiger partial charge in [-0.25, -0.2) is 15.0 Å². The Balaban J connectivity index is 1.08. The van der Waals surface area contributed by atoms with E-state index in [1.807, 2.05) is 36.4 Å². The quantitative estimate of drug-likeness (QED) is 0.145. The van der Waals surface area contributed by atoms with Gasteiger partial charge in [0.15, 0.2) is 17.5 Å². The van der Waals surface area contributed by atoms with Crippen LogP contribution in [0.3, 0.4) is 0 Å². The van der Waals surface area contributed by atoms with Gasteiger partial charge in [0, 0.05) is 61.5 Å². The van der Waals surface area contributed by atoms with Crippen LogP contribution in [0, 0.1) is 0 Å². The number of benzene rings is 9. The second-order valence-electron chi connectivity index (χ2n) is 19.4. The van der Waals surface area contributed by atoms with E-state index in [4.69, 9.17) is 15.0 Å². The van der Waals surface area contributed by atoms with Crippen molar-refractivity contribution in [3.05, 3.63) is 289 Å². The zero-order chi connectivity index (χ0) is 49.0. The molecule has 3 aromatic heterocycles. The van der Waals surface area contributed by atoms with Crippen molar-refractivity contribution in [3.63, 3.8) is 0 Å². The average molecular weight is 948 g/mol. The van der Waals surface area contributed by atoms with Gasteiger partial charge in [-0.2, -0.15) is 0 Å². The van der Waals surface area contributed by atoms with E-state index in [1.165, 1.54) is 66.1 Å². The van der Waals surface area contributed by atoms with E-state index < -0.39 is 0 Å². The molecule has 9 aromatic carbocycles. The molecule has 2 atom stereocenters. The van der Waals surface area contributed by atoms with Gasteiger partial charge in [-0.15, -0.1) is 0 Å². The molecule has 5 nitrogen and oxygen atoms in total. The van der Waals surface area contributed by atoms with Gasteiger partial charge in [0.05, 0.1) is 22.1 Å². The summed E-state index contributed by atoms with van der Waals surface area (Å²) >= 11 is 0. The molecule has 2 aliphatic carbocycles. The third-order valence-corrected chi connectivity index (χ3v) is 15.1. The van der Waals surface area contributed by atoms with Crippen molar-refractivity contribution in [3.8, 4) is 39.6 Å². The van der Waals surface area contributed by atoms with Crippen LogP contribution in [0.2, 0.25) is 0 Å². The van der Waals surface area contributed by atoms with E-state index in [0.717, 1.165) is 45.4 Å². The molecule has 0 fully saturated rings. The van der Waals surface area contributed by atoms with Crippen LogP contribution in [0.4, 0.5) is 0 Å². The minimum Gasteiger partial charge on any atom is -0.312 e. The van der Waals surface area contributed by atoms with Crippen LogP contribution < -0.4 is 0 Å². The lowest BCUT2D eigenvalue weighted by Gasteiger charge is -2.32. The first-order valence-corrected chi connectivity index (χ1v) is 25.6. The molecule has 2 aliphatic rings. The number of hydrogen-bond donors (Lipinski definition) is 0. The van der Waals surface area contributed by atoms with Crippen LogP contribution in [0.5, 0.6) is 0 Å². The first kappa shape index (κ1) is 43.3. The molecule has 0 radical (unpaired) electrons. The monoisotopic (exact) mass is 947 g/mol. The summed E-state index contributed by atoms with van der Waals surface area (Å²) in [5.74, 6) is 2.13. The largest absolute Gasteiger partial charge is 0.312 e. The molecule has 350 valence electrons. The Morgan fingerprint density at radius 1 is 0.405 bits per heavy atom. The number of aromatic nitrogens is 5. The topological polar surface area (TPSA) is 48.5 Å². The highest BCUT2D eigenvalue weighted by Crippen LogP contribution is 2.50. The molecule has 5 heteroatoms. The van der Waals surface area contributed by atoms with Crippen molar-refractivity contribution in [2.75, 3.05) is 0 Å². The third kappa shape index (κ3) is 7.52. The number of allylic oxidation sites excluding steroid dienone is 8. The predicted octanol–water partition coefficient (Wildman–Crippen LogP) is 17.2. The fourth-order valence-corrected chi connectivity index (χ4v) is 11.6. The summed E-state index contributed by atoms with van der Waals surface area (Å²) in [5.41, 5.74) is 17.3. The number of nitrogens with zero attached hydrogens (tertiary/aromatic N) is 5. The van der Waals surface area contributed by atoms with E-state index in [1.54, 1.807) is 0 Å². The second-order valence-corrected chi connectivity index (χ2v) is 19.4. The van der Waals surface area contributed by atoms with Crippen molar-refractivity contribution in [1.29, 1.82) is 0 Å². The Hall–Kier alpha value is -9.45. The van der Waals surface area contributed by atoms with Crippen molar-refractivity contribution in [2.24, 2.45) is 0 Å². The molecule has 0 N–H and O–H groups in total. The van der Waals surface area contributed by atoms with Gasteiger partial charge in [0.2, 0.25) is 0 Å². The maximum Gasteiger partial charge on any atom is 0.164 e. The molecule has 0 spiro atoms. The van der Waals surface area contributed by atoms with Crippen LogP contribution in [0.15, 0.2) is 272 Å². The smallest absolute Gasteiger partial charge is 0.164 e. The number of para-hydroxylation sites is 3. The maximum atomic E-state index is 5.39. The zero-order valence-corrected chi connectivity index (χ0v) is 40.6. The highest BCUT2D eigenvalue weighted by molar-refractivity contribution is 6.26. The molecule has 0 saturated heterocycles. The molecule has 0 aliphatic heterocycles. The third-order valence-electron chi connectivity index (χ3n) is 15.1. The average Bonchev–Trinajstić information content (AvgIpc) is 4.02. The summed E-state index contributed by atoms with van der Waals surface area (Å²) in [5, 5.41) is 4.91. The molecule has 2 unspecified atom stereocenters. The van der Waals surface area contributed by atoms with Crippen LogP contribution >= 0.6 is 0 Å². The van der Waals surface area contributed by atoms with Gasteiger partial charge >= 0.3 is 0 Å². The fourth-order valence-electron chi connectivity index (χ4n) is 11.6. The van der Waals surface area contributed by atoms with Crippen molar-refractivity contribution >= 4 is 54.9 Å². The summed E-state index contributed by atoms with van der Waals surface area (Å²) < 4.78 is 5.08. The first-order valence-electron chi connectivity index (χ1n) is 25.6. The Morgan fingerprint density at radius 3 is 1.58 bits per heavy atom. The summed E-state index contributed by atoms with van der Waals surface area (Å²) in [7, 11) is 0. The minimum atomic E-state index is -0.122. The first-order chi connectivity index (χ1) is 36.7. The SMILES string of the molecule is C1=CC(c2ccccc2)CC=C1C1=C(n2c3ccccc3c3c2ccc2c4ccccc4n(-c4ccccc4)c23)C(c2ccc(-c3ccccc3)cc2)CC(c2nc(-c3ccccc3)nc(-c3ccccc3)n2)=C1. The highest BCUT2D eigenvalue weighted by atomic mass is 15.0. The van der Waals surface area contributed by atoms with Gasteiger partial charge < -0.3 is 9.13 Å². The van der Waals surface area contributed by atoms with Crippen LogP contribution in [-0.4, -0.2) is 24.1 Å². The van der Waals surface area contributed by atoms with Crippen molar-refractivity contribution in [1.82, 2.24) is 24.1 Å². The lowest BCUT2D eigenvalue weighted by Crippen LogP contribution is -2.17. The van der Waals surface area contributed by atoms with Gasteiger partial charge in [-0.05, 0) is 82.6 Å².